The van der Waals surface area contributed by atoms with Crippen LogP contribution in [0.1, 0.15) is 24.8 Å². The van der Waals surface area contributed by atoms with Crippen LogP contribution in [-0.2, 0) is 19.1 Å². The minimum Gasteiger partial charge on any atom is -0.510 e. The molecule has 1 aromatic rings. The van der Waals surface area contributed by atoms with Crippen LogP contribution >= 0.6 is 0 Å². The van der Waals surface area contributed by atoms with Crippen LogP contribution in [0.4, 0.5) is 0 Å². The van der Waals surface area contributed by atoms with E-state index in [-0.39, 0.29) is 17.8 Å². The number of methoxy groups -OCH3 is 1. The van der Waals surface area contributed by atoms with E-state index in [1.807, 2.05) is 6.07 Å². The van der Waals surface area contributed by atoms with Crippen molar-refractivity contribution in [3.05, 3.63) is 47.2 Å². The van der Waals surface area contributed by atoms with Gasteiger partial charge in [-0.1, -0.05) is 30.3 Å². The molecule has 0 saturated carbocycles. The summed E-state index contributed by atoms with van der Waals surface area (Å²) in [6.45, 7) is 1.22. The van der Waals surface area contributed by atoms with Gasteiger partial charge in [0.25, 0.3) is 0 Å². The molecule has 0 spiro atoms. The molecule has 0 aromatic heterocycles. The van der Waals surface area contributed by atoms with Crippen LogP contribution in [0.2, 0.25) is 0 Å². The molecule has 1 aromatic carbocycles. The number of aliphatic hydroxyl groups is 1. The third-order valence-corrected chi connectivity index (χ3v) is 3.64. The van der Waals surface area contributed by atoms with Crippen LogP contribution in [0.25, 0.3) is 0 Å². The Bertz CT molecular complexity index is 615. The molecule has 2 rings (SSSR count). The highest BCUT2D eigenvalue weighted by Crippen LogP contribution is 2.38. The number of ether oxygens (including phenoxy) is 1. The van der Waals surface area contributed by atoms with Crippen LogP contribution in [0.15, 0.2) is 41.7 Å². The van der Waals surface area contributed by atoms with Gasteiger partial charge >= 0.3 is 5.97 Å². The number of aliphatic hydroxyl groups excluding tert-OH is 1. The summed E-state index contributed by atoms with van der Waals surface area (Å²) in [5, 5.41) is 10.2. The van der Waals surface area contributed by atoms with Gasteiger partial charge in [0.15, 0.2) is 5.78 Å². The molecule has 2 atom stereocenters. The largest absolute Gasteiger partial charge is 0.510 e. The van der Waals surface area contributed by atoms with E-state index in [4.69, 9.17) is 4.74 Å². The molecular weight excluding hydrogens is 272 g/mol. The smallest absolute Gasteiger partial charge is 0.337 e. The second-order valence-electron chi connectivity index (χ2n) is 4.97. The number of allylic oxidation sites excluding steroid dienone is 1. The monoisotopic (exact) mass is 288 g/mol. The summed E-state index contributed by atoms with van der Waals surface area (Å²) in [4.78, 5) is 35.6. The maximum absolute atomic E-state index is 12.1. The van der Waals surface area contributed by atoms with E-state index < -0.39 is 29.3 Å². The van der Waals surface area contributed by atoms with Crippen molar-refractivity contribution >= 4 is 17.5 Å². The molecular formula is C16H16O5. The summed E-state index contributed by atoms with van der Waals surface area (Å²) >= 11 is 0. The molecule has 0 aliphatic heterocycles. The average Bonchev–Trinajstić information content (AvgIpc) is 2.46. The Hall–Kier alpha value is -2.43. The zero-order chi connectivity index (χ0) is 15.6. The first-order valence-corrected chi connectivity index (χ1v) is 6.56. The Balaban J connectivity index is 2.58. The topological polar surface area (TPSA) is 80.7 Å². The molecule has 2 unspecified atom stereocenters. The zero-order valence-corrected chi connectivity index (χ0v) is 11.8. The number of benzene rings is 1. The molecule has 21 heavy (non-hydrogen) atoms. The molecule has 0 heterocycles. The number of hydrogen-bond acceptors (Lipinski definition) is 5. The van der Waals surface area contributed by atoms with Gasteiger partial charge in [-0.25, -0.2) is 4.79 Å². The summed E-state index contributed by atoms with van der Waals surface area (Å²) in [6, 6.07) is 8.91. The predicted molar refractivity (Wildman–Crippen MR) is 74.6 cm³/mol. The van der Waals surface area contributed by atoms with E-state index in [1.54, 1.807) is 24.3 Å². The van der Waals surface area contributed by atoms with Crippen molar-refractivity contribution in [3.8, 4) is 0 Å². The van der Waals surface area contributed by atoms with Crippen molar-refractivity contribution in [3.63, 3.8) is 0 Å². The second kappa shape index (κ2) is 5.91. The quantitative estimate of drug-likeness (QED) is 0.679. The fraction of sp³-hybridized carbons (Fsp3) is 0.312. The highest BCUT2D eigenvalue weighted by atomic mass is 16.5. The van der Waals surface area contributed by atoms with Gasteiger partial charge in [0, 0.05) is 12.3 Å². The third-order valence-electron chi connectivity index (χ3n) is 3.64. The number of Topliss-reactive ketones (excluding diaryl/α,β-unsaturated/α-hetero) is 2. The standard InChI is InChI=1S/C16H16O5/c1-9(17)13-12(18)8-11(10-6-4-3-5-7-10)14(15(13)19)16(20)21-2/h3-7,11,13,19H,8H2,1-2H3. The van der Waals surface area contributed by atoms with Crippen LogP contribution in [0.5, 0.6) is 0 Å². The van der Waals surface area contributed by atoms with Crippen LogP contribution in [0.3, 0.4) is 0 Å². The molecule has 0 amide bonds. The maximum Gasteiger partial charge on any atom is 0.337 e. The SMILES string of the molecule is COC(=O)C1=C(O)C(C(C)=O)C(=O)CC1c1ccccc1. The van der Waals surface area contributed by atoms with E-state index >= 15 is 0 Å². The van der Waals surface area contributed by atoms with E-state index in [2.05, 4.69) is 0 Å². The number of rotatable bonds is 3. The minimum atomic E-state index is -1.26. The average molecular weight is 288 g/mol. The fourth-order valence-electron chi connectivity index (χ4n) is 2.65. The van der Waals surface area contributed by atoms with Gasteiger partial charge in [-0.15, -0.1) is 0 Å². The van der Waals surface area contributed by atoms with Crippen molar-refractivity contribution in [1.29, 1.82) is 0 Å². The summed E-state index contributed by atoms with van der Waals surface area (Å²) in [7, 11) is 1.20. The summed E-state index contributed by atoms with van der Waals surface area (Å²) < 4.78 is 4.70. The number of ketones is 2. The van der Waals surface area contributed by atoms with Gasteiger partial charge < -0.3 is 9.84 Å². The molecule has 1 aliphatic rings. The Labute approximate surface area is 122 Å². The Morgan fingerprint density at radius 1 is 1.24 bits per heavy atom. The van der Waals surface area contributed by atoms with Crippen molar-refractivity contribution < 1.29 is 24.2 Å². The molecule has 0 fully saturated rings. The normalized spacial score (nSPS) is 22.1. The van der Waals surface area contributed by atoms with E-state index in [0.717, 1.165) is 5.56 Å². The number of carbonyl (C=O) groups excluding carboxylic acids is 3. The Morgan fingerprint density at radius 2 is 1.86 bits per heavy atom. The van der Waals surface area contributed by atoms with Gasteiger partial charge in [0.05, 0.1) is 12.7 Å². The van der Waals surface area contributed by atoms with Gasteiger partial charge in [-0.2, -0.15) is 0 Å². The lowest BCUT2D eigenvalue weighted by Crippen LogP contribution is -2.34. The number of esters is 1. The minimum absolute atomic E-state index is 0.0106. The molecule has 0 bridgehead atoms. The van der Waals surface area contributed by atoms with Gasteiger partial charge in [0.2, 0.25) is 0 Å². The third kappa shape index (κ3) is 2.72. The van der Waals surface area contributed by atoms with E-state index in [1.165, 1.54) is 14.0 Å². The fourth-order valence-corrected chi connectivity index (χ4v) is 2.65. The van der Waals surface area contributed by atoms with E-state index in [9.17, 15) is 19.5 Å². The molecule has 0 saturated heterocycles. The molecule has 5 nitrogen and oxygen atoms in total. The first-order chi connectivity index (χ1) is 9.97. The highest BCUT2D eigenvalue weighted by molar-refractivity contribution is 6.08. The lowest BCUT2D eigenvalue weighted by Gasteiger charge is -2.28. The summed E-state index contributed by atoms with van der Waals surface area (Å²) in [6.07, 6.45) is -0.0112. The van der Waals surface area contributed by atoms with Crippen LogP contribution in [-0.4, -0.2) is 29.8 Å². The van der Waals surface area contributed by atoms with E-state index in [0.29, 0.717) is 0 Å². The number of carbonyl (C=O) groups is 3. The molecule has 1 N–H and O–H groups in total. The van der Waals surface area contributed by atoms with Gasteiger partial charge in [-0.3, -0.25) is 9.59 Å². The predicted octanol–water partition coefficient (Wildman–Crippen LogP) is 1.93. The van der Waals surface area contributed by atoms with Crippen molar-refractivity contribution in [2.75, 3.05) is 7.11 Å². The van der Waals surface area contributed by atoms with Gasteiger partial charge in [-0.05, 0) is 12.5 Å². The maximum atomic E-state index is 12.1. The molecule has 5 heteroatoms. The van der Waals surface area contributed by atoms with Crippen molar-refractivity contribution in [1.82, 2.24) is 0 Å². The van der Waals surface area contributed by atoms with Crippen LogP contribution in [0, 0.1) is 5.92 Å². The molecule has 1 aliphatic carbocycles. The highest BCUT2D eigenvalue weighted by Gasteiger charge is 2.42. The number of hydrogen-bond donors (Lipinski definition) is 1. The second-order valence-corrected chi connectivity index (χ2v) is 4.97. The lowest BCUT2D eigenvalue weighted by molar-refractivity contribution is -0.137. The summed E-state index contributed by atoms with van der Waals surface area (Å²) in [5.74, 6) is -3.94. The first kappa shape index (κ1) is 15.0. The molecule has 110 valence electrons. The lowest BCUT2D eigenvalue weighted by atomic mass is 9.75. The van der Waals surface area contributed by atoms with Crippen LogP contribution < -0.4 is 0 Å². The van der Waals surface area contributed by atoms with Crippen molar-refractivity contribution in [2.45, 2.75) is 19.3 Å². The van der Waals surface area contributed by atoms with Crippen molar-refractivity contribution in [2.24, 2.45) is 5.92 Å². The zero-order valence-electron chi connectivity index (χ0n) is 11.8. The summed E-state index contributed by atoms with van der Waals surface area (Å²) in [5.41, 5.74) is 0.711. The molecule has 0 radical (unpaired) electrons. The van der Waals surface area contributed by atoms with Gasteiger partial charge in [0.1, 0.15) is 17.5 Å². The Kier molecular flexibility index (Phi) is 4.21. The first-order valence-electron chi connectivity index (χ1n) is 6.56. The Morgan fingerprint density at radius 3 is 2.38 bits per heavy atom.